The largest absolute Gasteiger partial charge is 0.463 e. The molecule has 12 heteroatoms. The average molecular weight is 427 g/mol. The number of nitrogen functional groups attached to an aromatic ring is 1. The molecule has 1 saturated heterocycles. The van der Waals surface area contributed by atoms with Gasteiger partial charge in [0.1, 0.15) is 18.2 Å². The number of anilines is 1. The molecule has 3 rings (SSSR count). The third-order valence-corrected chi connectivity index (χ3v) is 5.79. The minimum absolute atomic E-state index is 0.157. The smallest absolute Gasteiger partial charge is 0.356 e. The number of rotatable bonds is 8. The van der Waals surface area contributed by atoms with Crippen molar-refractivity contribution in [1.82, 2.24) is 19.5 Å². The Kier molecular flexibility index (Phi) is 6.84. The molecule has 0 spiro atoms. The van der Waals surface area contributed by atoms with Crippen molar-refractivity contribution < 1.29 is 27.9 Å². The maximum atomic E-state index is 12.7. The number of hydrogen-bond donors (Lipinski definition) is 1. The van der Waals surface area contributed by atoms with Crippen molar-refractivity contribution in [2.24, 2.45) is 5.92 Å². The maximum absolute atomic E-state index is 12.7. The van der Waals surface area contributed by atoms with Crippen LogP contribution in [-0.2, 0) is 34.4 Å². The van der Waals surface area contributed by atoms with Gasteiger partial charge in [0, 0.05) is 5.92 Å². The summed E-state index contributed by atoms with van der Waals surface area (Å²) in [5.41, 5.74) is 6.90. The number of hydrogen-bond acceptors (Lipinski definition) is 10. The van der Waals surface area contributed by atoms with Crippen molar-refractivity contribution in [1.29, 1.82) is 0 Å². The number of fused-ring (bicyclic) bond motifs is 1. The number of nitrogens with two attached hydrogens (primary N) is 1. The topological polar surface area (TPSA) is 141 Å². The number of nitrogens with zero attached hydrogens (tertiary/aromatic N) is 4. The predicted molar refractivity (Wildman–Crippen MR) is 104 cm³/mol. The molecule has 160 valence electrons. The fourth-order valence-electron chi connectivity index (χ4n) is 2.84. The third kappa shape index (κ3) is 5.72. The lowest BCUT2D eigenvalue weighted by Crippen LogP contribution is -2.27. The Balaban J connectivity index is 1.46. The zero-order valence-electron chi connectivity index (χ0n) is 16.7. The van der Waals surface area contributed by atoms with Crippen LogP contribution in [0.25, 0.3) is 11.2 Å². The van der Waals surface area contributed by atoms with Crippen molar-refractivity contribution in [3.63, 3.8) is 0 Å². The predicted octanol–water partition coefficient (Wildman–Crippen LogP) is 1.97. The van der Waals surface area contributed by atoms with E-state index in [-0.39, 0.29) is 50.1 Å². The summed E-state index contributed by atoms with van der Waals surface area (Å²) in [5, 5.41) is 0. The summed E-state index contributed by atoms with van der Waals surface area (Å²) in [6.07, 6.45) is 2.47. The second-order valence-electron chi connectivity index (χ2n) is 7.25. The molecule has 11 nitrogen and oxygen atoms in total. The summed E-state index contributed by atoms with van der Waals surface area (Å²) in [6, 6.07) is 0. The minimum atomic E-state index is -3.37. The van der Waals surface area contributed by atoms with E-state index in [0.29, 0.717) is 23.5 Å². The summed E-state index contributed by atoms with van der Waals surface area (Å²) >= 11 is 0. The Morgan fingerprint density at radius 1 is 1.31 bits per heavy atom. The number of carbonyl (C=O) groups excluding carboxylic acids is 1. The number of imidazole rings is 1. The van der Waals surface area contributed by atoms with Crippen LogP contribution in [-0.4, -0.2) is 57.3 Å². The normalized spacial score (nSPS) is 23.4. The first kappa shape index (κ1) is 21.6. The average Bonchev–Trinajstić information content (AvgIpc) is 3.06. The third-order valence-electron chi connectivity index (χ3n) is 4.24. The highest BCUT2D eigenvalue weighted by molar-refractivity contribution is 7.53. The highest BCUT2D eigenvalue weighted by atomic mass is 31.2. The Morgan fingerprint density at radius 3 is 2.72 bits per heavy atom. The molecule has 2 aromatic heterocycles. The second-order valence-corrected chi connectivity index (χ2v) is 9.24. The van der Waals surface area contributed by atoms with Gasteiger partial charge in [-0.1, -0.05) is 0 Å². The van der Waals surface area contributed by atoms with E-state index in [1.807, 2.05) is 6.92 Å². The van der Waals surface area contributed by atoms with E-state index < -0.39 is 7.60 Å². The molecule has 29 heavy (non-hydrogen) atoms. The quantitative estimate of drug-likeness (QED) is 0.491. The SMILES string of the molecule is CC(C)OC(=O)CC1COP(=O)(CO[C@H](C)Cn2cnc3c(N)ncnc32)OC1. The van der Waals surface area contributed by atoms with Gasteiger partial charge in [-0.05, 0) is 20.8 Å². The van der Waals surface area contributed by atoms with Gasteiger partial charge in [-0.15, -0.1) is 0 Å². The van der Waals surface area contributed by atoms with Crippen LogP contribution in [0.5, 0.6) is 0 Å². The van der Waals surface area contributed by atoms with Gasteiger partial charge in [0.25, 0.3) is 0 Å². The molecule has 2 N–H and O–H groups in total. The van der Waals surface area contributed by atoms with Gasteiger partial charge in [0.2, 0.25) is 0 Å². The standard InChI is InChI=1S/C17H26N5O6P/c1-11(2)28-14(23)4-13-6-26-29(24,27-7-13)10-25-12(3)5-22-9-21-15-16(18)19-8-20-17(15)22/h8-9,11-13H,4-7,10H2,1-3H3,(H2,18,19,20)/t12-,13?,29?/m1/s1. The van der Waals surface area contributed by atoms with Crippen molar-refractivity contribution in [2.75, 3.05) is 25.3 Å². The van der Waals surface area contributed by atoms with E-state index in [9.17, 15) is 9.36 Å². The molecule has 1 atom stereocenters. The molecular weight excluding hydrogens is 401 g/mol. The summed E-state index contributed by atoms with van der Waals surface area (Å²) < 4.78 is 36.0. The number of esters is 1. The van der Waals surface area contributed by atoms with E-state index in [4.69, 9.17) is 24.3 Å². The second kappa shape index (κ2) is 9.17. The molecular formula is C17H26N5O6P. The highest BCUT2D eigenvalue weighted by Gasteiger charge is 2.34. The molecule has 0 radical (unpaired) electrons. The van der Waals surface area contributed by atoms with Gasteiger partial charge in [0.15, 0.2) is 11.5 Å². The molecule has 0 saturated carbocycles. The fourth-order valence-corrected chi connectivity index (χ4v) is 4.38. The Hall–Kier alpha value is -2.07. The molecule has 0 aromatic carbocycles. The molecule has 0 amide bonds. The van der Waals surface area contributed by atoms with E-state index >= 15 is 0 Å². The van der Waals surface area contributed by atoms with Crippen LogP contribution in [0, 0.1) is 5.92 Å². The maximum Gasteiger partial charge on any atom is 0.356 e. The van der Waals surface area contributed by atoms with Crippen LogP contribution in [0.4, 0.5) is 5.82 Å². The Bertz CT molecular complexity index is 892. The molecule has 0 aliphatic carbocycles. The summed E-state index contributed by atoms with van der Waals surface area (Å²) in [5.74, 6) is -0.207. The van der Waals surface area contributed by atoms with E-state index in [1.54, 1.807) is 24.7 Å². The summed E-state index contributed by atoms with van der Waals surface area (Å²) in [6.45, 7) is 6.14. The van der Waals surface area contributed by atoms with Gasteiger partial charge in [-0.25, -0.2) is 15.0 Å². The molecule has 1 aliphatic rings. The summed E-state index contributed by atoms with van der Waals surface area (Å²) in [4.78, 5) is 24.0. The number of carbonyl (C=O) groups is 1. The van der Waals surface area contributed by atoms with Crippen molar-refractivity contribution in [2.45, 2.75) is 45.9 Å². The van der Waals surface area contributed by atoms with Crippen LogP contribution in [0.2, 0.25) is 0 Å². The first-order chi connectivity index (χ1) is 13.8. The molecule has 0 unspecified atom stereocenters. The van der Waals surface area contributed by atoms with Crippen LogP contribution >= 0.6 is 7.60 Å². The molecule has 1 aliphatic heterocycles. The van der Waals surface area contributed by atoms with Crippen molar-refractivity contribution in [3.05, 3.63) is 12.7 Å². The highest BCUT2D eigenvalue weighted by Crippen LogP contribution is 2.51. The van der Waals surface area contributed by atoms with Crippen molar-refractivity contribution in [3.8, 4) is 0 Å². The van der Waals surface area contributed by atoms with Crippen molar-refractivity contribution >= 4 is 30.5 Å². The Morgan fingerprint density at radius 2 is 2.03 bits per heavy atom. The number of aromatic nitrogens is 4. The first-order valence-electron chi connectivity index (χ1n) is 9.36. The minimum Gasteiger partial charge on any atom is -0.463 e. The van der Waals surface area contributed by atoms with E-state index in [0.717, 1.165) is 0 Å². The van der Waals surface area contributed by atoms with Crippen LogP contribution in [0.15, 0.2) is 12.7 Å². The molecule has 0 bridgehead atoms. The van der Waals surface area contributed by atoms with Gasteiger partial charge in [0.05, 0.1) is 44.7 Å². The summed E-state index contributed by atoms with van der Waals surface area (Å²) in [7, 11) is -3.37. The fraction of sp³-hybridized carbons (Fsp3) is 0.647. The van der Waals surface area contributed by atoms with E-state index in [2.05, 4.69) is 15.0 Å². The molecule has 2 aromatic rings. The molecule has 3 heterocycles. The monoisotopic (exact) mass is 427 g/mol. The van der Waals surface area contributed by atoms with Gasteiger partial charge in [-0.2, -0.15) is 0 Å². The van der Waals surface area contributed by atoms with Crippen LogP contribution < -0.4 is 5.73 Å². The number of ether oxygens (including phenoxy) is 2. The lowest BCUT2D eigenvalue weighted by Gasteiger charge is -2.29. The van der Waals surface area contributed by atoms with Gasteiger partial charge in [-0.3, -0.25) is 9.36 Å². The zero-order chi connectivity index (χ0) is 21.0. The zero-order valence-corrected chi connectivity index (χ0v) is 17.6. The lowest BCUT2D eigenvalue weighted by molar-refractivity contribution is -0.149. The van der Waals surface area contributed by atoms with Gasteiger partial charge >= 0.3 is 13.6 Å². The van der Waals surface area contributed by atoms with Crippen LogP contribution in [0.1, 0.15) is 27.2 Å². The van der Waals surface area contributed by atoms with Gasteiger partial charge < -0.3 is 28.8 Å². The first-order valence-corrected chi connectivity index (χ1v) is 11.1. The Labute approximate surface area is 168 Å². The lowest BCUT2D eigenvalue weighted by atomic mass is 10.1. The van der Waals surface area contributed by atoms with E-state index in [1.165, 1.54) is 6.33 Å². The molecule has 1 fully saturated rings. The van der Waals surface area contributed by atoms with Crippen LogP contribution in [0.3, 0.4) is 0 Å².